The number of alkyl halides is 3. The van der Waals surface area contributed by atoms with Gasteiger partial charge in [-0.05, 0) is 36.2 Å². The first-order valence-electron chi connectivity index (χ1n) is 5.26. The lowest BCUT2D eigenvalue weighted by Gasteiger charge is -1.99. The highest BCUT2D eigenvalue weighted by Gasteiger charge is 2.32. The summed E-state index contributed by atoms with van der Waals surface area (Å²) in [5.41, 5.74) is 5.68. The Labute approximate surface area is 105 Å². The normalized spacial score (nSPS) is 12.0. The molecule has 6 heteroatoms. The molecule has 0 aliphatic carbocycles. The summed E-state index contributed by atoms with van der Waals surface area (Å²) in [6.07, 6.45) is -4.15. The van der Waals surface area contributed by atoms with Crippen molar-refractivity contribution in [2.45, 2.75) is 12.6 Å². The molecule has 1 aromatic heterocycles. The number of carbonyl (C=O) groups excluding carboxylic acids is 1. The van der Waals surface area contributed by atoms with Gasteiger partial charge in [0.1, 0.15) is 4.88 Å². The molecule has 0 aliphatic rings. The molecular formula is C12H10F3NOS. The minimum absolute atomic E-state index is 0.154. The monoisotopic (exact) mass is 273 g/mol. The van der Waals surface area contributed by atoms with Gasteiger partial charge in [0.15, 0.2) is 5.78 Å². The van der Waals surface area contributed by atoms with Crippen LogP contribution in [0.25, 0.3) is 10.1 Å². The fraction of sp³-hybridized carbons (Fsp3) is 0.250. The molecule has 2 N–H and O–H groups in total. The smallest absolute Gasteiger partial charge is 0.330 e. The van der Waals surface area contributed by atoms with Crippen LogP contribution < -0.4 is 5.73 Å². The molecule has 0 saturated heterocycles. The van der Waals surface area contributed by atoms with Crippen LogP contribution in [-0.2, 0) is 6.18 Å². The third-order valence-electron chi connectivity index (χ3n) is 2.49. The van der Waals surface area contributed by atoms with Crippen LogP contribution in [0, 0.1) is 0 Å². The number of hydrogen-bond acceptors (Lipinski definition) is 3. The Kier molecular flexibility index (Phi) is 3.41. The molecule has 0 unspecified atom stereocenters. The number of thiophene rings is 1. The van der Waals surface area contributed by atoms with E-state index in [2.05, 4.69) is 0 Å². The van der Waals surface area contributed by atoms with Crippen LogP contribution in [0.5, 0.6) is 0 Å². The van der Waals surface area contributed by atoms with Gasteiger partial charge in [0.25, 0.3) is 0 Å². The summed E-state index contributed by atoms with van der Waals surface area (Å²) in [7, 11) is 0. The van der Waals surface area contributed by atoms with Crippen LogP contribution in [0.3, 0.4) is 0 Å². The van der Waals surface area contributed by atoms with Gasteiger partial charge >= 0.3 is 6.18 Å². The second-order valence-electron chi connectivity index (χ2n) is 3.82. The maximum Gasteiger partial charge on any atom is 0.425 e. The van der Waals surface area contributed by atoms with Crippen LogP contribution in [0.1, 0.15) is 21.7 Å². The van der Waals surface area contributed by atoms with E-state index in [1.54, 1.807) is 6.07 Å². The molecule has 0 bridgehead atoms. The maximum atomic E-state index is 12.5. The second kappa shape index (κ2) is 4.70. The summed E-state index contributed by atoms with van der Waals surface area (Å²) < 4.78 is 38.1. The van der Waals surface area contributed by atoms with Crippen molar-refractivity contribution in [3.8, 4) is 0 Å². The Morgan fingerprint density at radius 1 is 1.28 bits per heavy atom. The molecule has 0 saturated carbocycles. The zero-order valence-electron chi connectivity index (χ0n) is 9.25. The topological polar surface area (TPSA) is 43.1 Å². The summed E-state index contributed by atoms with van der Waals surface area (Å²) in [6, 6.07) is 5.63. The van der Waals surface area contributed by atoms with Crippen LogP contribution in [0.4, 0.5) is 13.2 Å². The number of halogens is 3. The molecule has 2 rings (SSSR count). The number of Topliss-reactive ketones (excluding diaryl/α,β-unsaturated/α-hetero) is 1. The summed E-state index contributed by atoms with van der Waals surface area (Å²) in [5.74, 6) is -0.154. The van der Waals surface area contributed by atoms with Gasteiger partial charge in [0.05, 0.1) is 0 Å². The summed E-state index contributed by atoms with van der Waals surface area (Å²) >= 11 is 0.677. The zero-order valence-corrected chi connectivity index (χ0v) is 10.1. The predicted molar refractivity (Wildman–Crippen MR) is 64.8 cm³/mol. The maximum absolute atomic E-state index is 12.5. The standard InChI is InChI=1S/C12H10F3NOS/c13-12(14,15)11-6-8-5-7(9(17)3-4-16)1-2-10(8)18-11/h1-2,5-6H,3-4,16H2. The summed E-state index contributed by atoms with van der Waals surface area (Å²) in [6.45, 7) is 0.230. The lowest BCUT2D eigenvalue weighted by atomic mass is 10.1. The van der Waals surface area contributed by atoms with E-state index in [1.165, 1.54) is 12.1 Å². The lowest BCUT2D eigenvalue weighted by Crippen LogP contribution is -2.07. The van der Waals surface area contributed by atoms with Crippen molar-refractivity contribution in [1.82, 2.24) is 0 Å². The van der Waals surface area contributed by atoms with Crippen molar-refractivity contribution in [2.24, 2.45) is 5.73 Å². The largest absolute Gasteiger partial charge is 0.425 e. The van der Waals surface area contributed by atoms with Crippen LogP contribution in [-0.4, -0.2) is 12.3 Å². The Morgan fingerprint density at radius 3 is 2.61 bits per heavy atom. The highest BCUT2D eigenvalue weighted by Crippen LogP contribution is 2.38. The molecule has 0 aliphatic heterocycles. The van der Waals surface area contributed by atoms with Gasteiger partial charge in [-0.1, -0.05) is 0 Å². The average Bonchev–Trinajstić information content (AvgIpc) is 2.71. The van der Waals surface area contributed by atoms with E-state index in [9.17, 15) is 18.0 Å². The summed E-state index contributed by atoms with van der Waals surface area (Å²) in [5, 5.41) is 0.440. The predicted octanol–water partition coefficient (Wildman–Crippen LogP) is 3.45. The Morgan fingerprint density at radius 2 is 2.00 bits per heavy atom. The van der Waals surface area contributed by atoms with Crippen molar-refractivity contribution in [2.75, 3.05) is 6.54 Å². The molecule has 0 amide bonds. The van der Waals surface area contributed by atoms with E-state index in [1.807, 2.05) is 0 Å². The molecule has 1 aromatic carbocycles. The molecular weight excluding hydrogens is 263 g/mol. The molecule has 96 valence electrons. The number of rotatable bonds is 3. The molecule has 18 heavy (non-hydrogen) atoms. The van der Waals surface area contributed by atoms with Crippen molar-refractivity contribution in [3.63, 3.8) is 0 Å². The quantitative estimate of drug-likeness (QED) is 0.870. The Balaban J connectivity index is 2.43. The molecule has 1 heterocycles. The number of carbonyl (C=O) groups is 1. The van der Waals surface area contributed by atoms with Gasteiger partial charge in [-0.3, -0.25) is 4.79 Å². The van der Waals surface area contributed by atoms with Crippen LogP contribution >= 0.6 is 11.3 Å². The zero-order chi connectivity index (χ0) is 13.3. The van der Waals surface area contributed by atoms with Gasteiger partial charge in [0, 0.05) is 16.7 Å². The van der Waals surface area contributed by atoms with E-state index in [0.717, 1.165) is 6.07 Å². The van der Waals surface area contributed by atoms with E-state index in [4.69, 9.17) is 5.73 Å². The van der Waals surface area contributed by atoms with Gasteiger partial charge in [0.2, 0.25) is 0 Å². The molecule has 0 spiro atoms. The number of hydrogen-bond donors (Lipinski definition) is 1. The summed E-state index contributed by atoms with van der Waals surface area (Å²) in [4.78, 5) is 10.9. The van der Waals surface area contributed by atoms with Gasteiger partial charge in [-0.15, -0.1) is 11.3 Å². The van der Waals surface area contributed by atoms with E-state index < -0.39 is 11.1 Å². The second-order valence-corrected chi connectivity index (χ2v) is 4.91. The van der Waals surface area contributed by atoms with Crippen molar-refractivity contribution in [1.29, 1.82) is 0 Å². The van der Waals surface area contributed by atoms with Crippen molar-refractivity contribution in [3.05, 3.63) is 34.7 Å². The molecule has 2 aromatic rings. The first-order chi connectivity index (χ1) is 8.41. The average molecular weight is 273 g/mol. The van der Waals surface area contributed by atoms with E-state index >= 15 is 0 Å². The first kappa shape index (κ1) is 13.0. The minimum atomic E-state index is -4.34. The minimum Gasteiger partial charge on any atom is -0.330 e. The fourth-order valence-electron chi connectivity index (χ4n) is 1.63. The number of ketones is 1. The van der Waals surface area contributed by atoms with Crippen LogP contribution in [0.2, 0.25) is 0 Å². The highest BCUT2D eigenvalue weighted by molar-refractivity contribution is 7.19. The number of benzene rings is 1. The molecule has 2 nitrogen and oxygen atoms in total. The lowest BCUT2D eigenvalue weighted by molar-refractivity contribution is -0.134. The van der Waals surface area contributed by atoms with Gasteiger partial charge < -0.3 is 5.73 Å². The highest BCUT2D eigenvalue weighted by atomic mass is 32.1. The third kappa shape index (κ3) is 2.54. The van der Waals surface area contributed by atoms with Gasteiger partial charge in [-0.25, -0.2) is 0 Å². The Hall–Kier alpha value is -1.40. The Bertz CT molecular complexity index is 589. The number of fused-ring (bicyclic) bond motifs is 1. The number of nitrogens with two attached hydrogens (primary N) is 1. The first-order valence-corrected chi connectivity index (χ1v) is 6.07. The van der Waals surface area contributed by atoms with Crippen LogP contribution in [0.15, 0.2) is 24.3 Å². The SMILES string of the molecule is NCCC(=O)c1ccc2sc(C(F)(F)F)cc2c1. The van der Waals surface area contributed by atoms with E-state index in [0.29, 0.717) is 27.0 Å². The molecule has 0 fully saturated rings. The molecule has 0 radical (unpaired) electrons. The van der Waals surface area contributed by atoms with E-state index in [-0.39, 0.29) is 18.7 Å². The van der Waals surface area contributed by atoms with Gasteiger partial charge in [-0.2, -0.15) is 13.2 Å². The van der Waals surface area contributed by atoms with Crippen molar-refractivity contribution >= 4 is 27.2 Å². The third-order valence-corrected chi connectivity index (χ3v) is 3.65. The molecule has 0 atom stereocenters. The van der Waals surface area contributed by atoms with Crippen molar-refractivity contribution < 1.29 is 18.0 Å². The fourth-order valence-corrected chi connectivity index (χ4v) is 2.54.